The Labute approximate surface area is 192 Å². The van der Waals surface area contributed by atoms with Gasteiger partial charge in [-0.25, -0.2) is 13.6 Å². The highest BCUT2D eigenvalue weighted by Crippen LogP contribution is 2.42. The quantitative estimate of drug-likeness (QED) is 0.635. The Morgan fingerprint density at radius 1 is 1.34 bits per heavy atom. The number of carbonyl (C=O) groups excluding carboxylic acids is 1. The standard InChI is InChI=1S/C22H31ClF2N4O3/c1-5-6-22(24,25)15-7-17-19(26-9-15)21(3,4)13-29(17)18(30)12-27-10-14(2)28(20(31)32)11-16(27)8-23/h7,9,14,16H,5-6,8,10-13H2,1-4H3,(H,31,32)/t14-,16+/m1/s1. The largest absolute Gasteiger partial charge is 0.465 e. The molecule has 10 heteroatoms. The molecule has 1 aromatic heterocycles. The predicted octanol–water partition coefficient (Wildman–Crippen LogP) is 3.89. The molecule has 3 heterocycles. The first-order valence-corrected chi connectivity index (χ1v) is 11.4. The highest BCUT2D eigenvalue weighted by Gasteiger charge is 2.43. The summed E-state index contributed by atoms with van der Waals surface area (Å²) in [4.78, 5) is 33.9. The third-order valence-electron chi connectivity index (χ3n) is 6.36. The summed E-state index contributed by atoms with van der Waals surface area (Å²) in [7, 11) is 0. The van der Waals surface area contributed by atoms with Crippen LogP contribution in [0.25, 0.3) is 0 Å². The molecule has 0 aliphatic carbocycles. The van der Waals surface area contributed by atoms with Crippen molar-refractivity contribution in [2.24, 2.45) is 0 Å². The van der Waals surface area contributed by atoms with Gasteiger partial charge in [0.1, 0.15) is 0 Å². The van der Waals surface area contributed by atoms with Gasteiger partial charge in [0, 0.05) is 61.2 Å². The van der Waals surface area contributed by atoms with Gasteiger partial charge in [-0.3, -0.25) is 14.7 Å². The lowest BCUT2D eigenvalue weighted by molar-refractivity contribution is -0.121. The van der Waals surface area contributed by atoms with Crippen LogP contribution in [0.4, 0.5) is 19.3 Å². The van der Waals surface area contributed by atoms with Crippen LogP contribution in [0.3, 0.4) is 0 Å². The van der Waals surface area contributed by atoms with Gasteiger partial charge in [-0.1, -0.05) is 27.2 Å². The summed E-state index contributed by atoms with van der Waals surface area (Å²) in [6, 6.07) is 0.804. The second kappa shape index (κ2) is 9.09. The number of rotatable bonds is 6. The molecule has 0 unspecified atom stereocenters. The molecule has 178 valence electrons. The Kier molecular flexibility index (Phi) is 7.00. The van der Waals surface area contributed by atoms with Gasteiger partial charge in [-0.05, 0) is 13.0 Å². The van der Waals surface area contributed by atoms with E-state index in [1.165, 1.54) is 22.1 Å². The minimum absolute atomic E-state index is 0.0281. The first-order chi connectivity index (χ1) is 14.9. The second-order valence-electron chi connectivity index (χ2n) is 9.43. The lowest BCUT2D eigenvalue weighted by atomic mass is 9.91. The number of alkyl halides is 3. The van der Waals surface area contributed by atoms with Crippen LogP contribution in [0, 0.1) is 0 Å². The van der Waals surface area contributed by atoms with Crippen LogP contribution in [0.15, 0.2) is 12.3 Å². The van der Waals surface area contributed by atoms with Crippen molar-refractivity contribution in [2.45, 2.75) is 64.0 Å². The van der Waals surface area contributed by atoms with E-state index in [1.807, 2.05) is 18.7 Å². The molecule has 1 fully saturated rings. The maximum Gasteiger partial charge on any atom is 0.407 e. The molecule has 0 saturated carbocycles. The molecule has 0 bridgehead atoms. The van der Waals surface area contributed by atoms with Gasteiger partial charge >= 0.3 is 6.09 Å². The zero-order chi connectivity index (χ0) is 23.8. The van der Waals surface area contributed by atoms with E-state index < -0.39 is 17.4 Å². The smallest absolute Gasteiger partial charge is 0.407 e. The van der Waals surface area contributed by atoms with Gasteiger partial charge in [-0.2, -0.15) is 0 Å². The number of hydrogen-bond acceptors (Lipinski definition) is 4. The van der Waals surface area contributed by atoms with Crippen molar-refractivity contribution in [1.29, 1.82) is 0 Å². The molecule has 7 nitrogen and oxygen atoms in total. The topological polar surface area (TPSA) is 77.0 Å². The number of anilines is 1. The van der Waals surface area contributed by atoms with Crippen molar-refractivity contribution in [3.05, 3.63) is 23.5 Å². The first kappa shape index (κ1) is 24.6. The number of nitrogens with zero attached hydrogens (tertiary/aromatic N) is 4. The molecule has 3 rings (SSSR count). The fraction of sp³-hybridized carbons (Fsp3) is 0.682. The van der Waals surface area contributed by atoms with Crippen LogP contribution in [0.5, 0.6) is 0 Å². The van der Waals surface area contributed by atoms with Crippen molar-refractivity contribution < 1.29 is 23.5 Å². The second-order valence-corrected chi connectivity index (χ2v) is 9.74. The molecule has 0 spiro atoms. The Balaban J connectivity index is 1.85. The number of carbonyl (C=O) groups is 2. The van der Waals surface area contributed by atoms with E-state index >= 15 is 0 Å². The summed E-state index contributed by atoms with van der Waals surface area (Å²) in [6.07, 6.45) is 0.257. The summed E-state index contributed by atoms with van der Waals surface area (Å²) in [5.41, 5.74) is 0.397. The van der Waals surface area contributed by atoms with E-state index in [0.717, 1.165) is 0 Å². The zero-order valence-corrected chi connectivity index (χ0v) is 19.7. The first-order valence-electron chi connectivity index (χ1n) is 10.9. The van der Waals surface area contributed by atoms with Gasteiger partial charge in [-0.15, -0.1) is 11.6 Å². The maximum absolute atomic E-state index is 14.5. The number of aromatic nitrogens is 1. The van der Waals surface area contributed by atoms with Crippen LogP contribution in [-0.2, 0) is 16.1 Å². The number of carboxylic acid groups (broad SMARTS) is 1. The average molecular weight is 473 g/mol. The molecular formula is C22H31ClF2N4O3. The van der Waals surface area contributed by atoms with E-state index in [4.69, 9.17) is 11.6 Å². The number of fused-ring (bicyclic) bond motifs is 1. The summed E-state index contributed by atoms with van der Waals surface area (Å²) in [6.45, 7) is 8.31. The summed E-state index contributed by atoms with van der Waals surface area (Å²) >= 11 is 6.08. The van der Waals surface area contributed by atoms with Crippen molar-refractivity contribution in [1.82, 2.24) is 14.8 Å². The molecule has 1 saturated heterocycles. The number of hydrogen-bond donors (Lipinski definition) is 1. The van der Waals surface area contributed by atoms with Crippen LogP contribution in [-0.4, -0.2) is 76.0 Å². The third kappa shape index (κ3) is 4.69. The molecule has 1 aromatic rings. The predicted molar refractivity (Wildman–Crippen MR) is 119 cm³/mol. The van der Waals surface area contributed by atoms with Gasteiger partial charge in [0.2, 0.25) is 5.91 Å². The van der Waals surface area contributed by atoms with E-state index in [9.17, 15) is 23.5 Å². The maximum atomic E-state index is 14.5. The molecule has 1 N–H and O–H groups in total. The SMILES string of the molecule is CCCC(F)(F)c1cnc2c(c1)N(C(=O)CN1C[C@@H](C)N(C(=O)O)C[C@@H]1CCl)CC2(C)C. The molecule has 0 radical (unpaired) electrons. The Morgan fingerprint density at radius 2 is 2.03 bits per heavy atom. The van der Waals surface area contributed by atoms with Crippen LogP contribution < -0.4 is 4.90 Å². The van der Waals surface area contributed by atoms with E-state index in [0.29, 0.717) is 30.9 Å². The van der Waals surface area contributed by atoms with E-state index in [-0.39, 0.29) is 48.9 Å². The van der Waals surface area contributed by atoms with Gasteiger partial charge in [0.05, 0.1) is 17.9 Å². The van der Waals surface area contributed by atoms with Gasteiger partial charge in [0.25, 0.3) is 5.92 Å². The molecule has 2 amide bonds. The minimum Gasteiger partial charge on any atom is -0.465 e. The Morgan fingerprint density at radius 3 is 2.62 bits per heavy atom. The minimum atomic E-state index is -3.01. The highest BCUT2D eigenvalue weighted by atomic mass is 35.5. The fourth-order valence-electron chi connectivity index (χ4n) is 4.59. The van der Waals surface area contributed by atoms with Gasteiger partial charge in [0.15, 0.2) is 0 Å². The normalized spacial score (nSPS) is 23.3. The average Bonchev–Trinajstić information content (AvgIpc) is 2.98. The molecule has 2 atom stereocenters. The molecule has 0 aromatic carbocycles. The number of pyridine rings is 1. The van der Waals surface area contributed by atoms with E-state index in [1.54, 1.807) is 13.8 Å². The highest BCUT2D eigenvalue weighted by molar-refractivity contribution is 6.18. The van der Waals surface area contributed by atoms with E-state index in [2.05, 4.69) is 4.98 Å². The zero-order valence-electron chi connectivity index (χ0n) is 18.9. The van der Waals surface area contributed by atoms with Crippen molar-refractivity contribution in [3.63, 3.8) is 0 Å². The monoisotopic (exact) mass is 472 g/mol. The summed E-state index contributed by atoms with van der Waals surface area (Å²) in [5, 5.41) is 9.38. The van der Waals surface area contributed by atoms with Crippen molar-refractivity contribution in [2.75, 3.05) is 37.0 Å². The number of amides is 2. The fourth-order valence-corrected chi connectivity index (χ4v) is 4.88. The summed E-state index contributed by atoms with van der Waals surface area (Å²) < 4.78 is 29.1. The lowest BCUT2D eigenvalue weighted by Gasteiger charge is -2.43. The van der Waals surface area contributed by atoms with Crippen LogP contribution in [0.2, 0.25) is 0 Å². The number of halogens is 3. The van der Waals surface area contributed by atoms with Crippen molar-refractivity contribution >= 4 is 29.3 Å². The van der Waals surface area contributed by atoms with Crippen molar-refractivity contribution in [3.8, 4) is 0 Å². The Hall–Kier alpha value is -2.00. The Bertz CT molecular complexity index is 883. The van der Waals surface area contributed by atoms with Gasteiger partial charge < -0.3 is 14.9 Å². The molecular weight excluding hydrogens is 442 g/mol. The van der Waals surface area contributed by atoms with Crippen LogP contribution >= 0.6 is 11.6 Å². The molecule has 2 aliphatic heterocycles. The third-order valence-corrected chi connectivity index (χ3v) is 6.71. The summed E-state index contributed by atoms with van der Waals surface area (Å²) in [5.74, 6) is -3.06. The molecule has 32 heavy (non-hydrogen) atoms. The lowest BCUT2D eigenvalue weighted by Crippen LogP contribution is -2.61. The number of piperazine rings is 1. The van der Waals surface area contributed by atoms with Crippen LogP contribution in [0.1, 0.15) is 51.8 Å². The molecule has 2 aliphatic rings.